The van der Waals surface area contributed by atoms with E-state index in [1.165, 1.54) is 11.3 Å². The number of furan rings is 1. The molecule has 0 atom stereocenters. The highest BCUT2D eigenvalue weighted by Gasteiger charge is 2.14. The zero-order valence-electron chi connectivity index (χ0n) is 13.8. The normalized spacial score (nSPS) is 10.5. The van der Waals surface area contributed by atoms with Crippen molar-refractivity contribution < 1.29 is 14.0 Å². The number of benzene rings is 1. The second-order valence-electron chi connectivity index (χ2n) is 5.50. The second-order valence-corrected chi connectivity index (χ2v) is 6.36. The predicted octanol–water partition coefficient (Wildman–Crippen LogP) is 3.54. The van der Waals surface area contributed by atoms with Crippen LogP contribution >= 0.6 is 11.3 Å². The van der Waals surface area contributed by atoms with Crippen LogP contribution in [0, 0.1) is 13.8 Å². The smallest absolute Gasteiger partial charge is 0.271 e. The summed E-state index contributed by atoms with van der Waals surface area (Å²) in [6.07, 6.45) is 0. The molecule has 0 saturated carbocycles. The van der Waals surface area contributed by atoms with Crippen LogP contribution in [0.5, 0.6) is 0 Å². The summed E-state index contributed by atoms with van der Waals surface area (Å²) in [4.78, 5) is 28.6. The summed E-state index contributed by atoms with van der Waals surface area (Å²) in [5.74, 6) is 0.903. The van der Waals surface area contributed by atoms with Gasteiger partial charge in [-0.2, -0.15) is 0 Å². The zero-order chi connectivity index (χ0) is 17.8. The van der Waals surface area contributed by atoms with Crippen LogP contribution in [0.3, 0.4) is 0 Å². The summed E-state index contributed by atoms with van der Waals surface area (Å²) < 4.78 is 5.40. The molecule has 128 valence electrons. The number of nitrogens with one attached hydrogen (secondary N) is 2. The first kappa shape index (κ1) is 16.9. The summed E-state index contributed by atoms with van der Waals surface area (Å²) >= 11 is 1.21. The number of carbonyl (C=O) groups excluding carboxylic acids is 2. The summed E-state index contributed by atoms with van der Waals surface area (Å²) in [5, 5.41) is 7.45. The van der Waals surface area contributed by atoms with Crippen molar-refractivity contribution in [2.45, 2.75) is 20.4 Å². The third kappa shape index (κ3) is 4.13. The maximum Gasteiger partial charge on any atom is 0.271 e. The lowest BCUT2D eigenvalue weighted by atomic mass is 10.1. The molecule has 0 bridgehead atoms. The molecule has 7 heteroatoms. The molecule has 1 aromatic carbocycles. The summed E-state index contributed by atoms with van der Waals surface area (Å²) in [7, 11) is 0. The molecule has 0 spiro atoms. The molecular formula is C18H17N3O3S. The molecule has 3 aromatic rings. The largest absolute Gasteiger partial charge is 0.465 e. The van der Waals surface area contributed by atoms with Gasteiger partial charge in [0.25, 0.3) is 11.8 Å². The number of thiazole rings is 1. The standard InChI is InChI=1S/C18H17N3O3S/c1-11-5-3-4-6-14(11)16(22)21-18-20-15(10-25-18)17(23)19-9-13-8-7-12(2)24-13/h3-8,10H,9H2,1-2H3,(H,19,23)(H,20,21,22). The molecule has 0 radical (unpaired) electrons. The first-order chi connectivity index (χ1) is 12.0. The SMILES string of the molecule is Cc1ccc(CNC(=O)c2csc(NC(=O)c3ccccc3C)n2)o1. The summed E-state index contributed by atoms with van der Waals surface area (Å²) in [6.45, 7) is 4.00. The van der Waals surface area contributed by atoms with E-state index in [2.05, 4.69) is 15.6 Å². The average Bonchev–Trinajstić information content (AvgIpc) is 3.22. The Labute approximate surface area is 148 Å². The second kappa shape index (κ2) is 7.31. The van der Waals surface area contributed by atoms with E-state index >= 15 is 0 Å². The zero-order valence-corrected chi connectivity index (χ0v) is 14.6. The van der Waals surface area contributed by atoms with Crippen molar-refractivity contribution in [2.24, 2.45) is 0 Å². The van der Waals surface area contributed by atoms with E-state index in [1.54, 1.807) is 17.5 Å². The Morgan fingerprint density at radius 3 is 2.64 bits per heavy atom. The highest BCUT2D eigenvalue weighted by atomic mass is 32.1. The number of aryl methyl sites for hydroxylation is 2. The molecule has 0 unspecified atom stereocenters. The lowest BCUT2D eigenvalue weighted by Crippen LogP contribution is -2.23. The molecule has 0 aliphatic rings. The van der Waals surface area contributed by atoms with Gasteiger partial charge in [-0.3, -0.25) is 14.9 Å². The number of nitrogens with zero attached hydrogens (tertiary/aromatic N) is 1. The number of carbonyl (C=O) groups is 2. The molecule has 2 amide bonds. The minimum Gasteiger partial charge on any atom is -0.465 e. The fourth-order valence-corrected chi connectivity index (χ4v) is 2.95. The quantitative estimate of drug-likeness (QED) is 0.733. The van der Waals surface area contributed by atoms with Gasteiger partial charge >= 0.3 is 0 Å². The molecule has 3 rings (SSSR count). The van der Waals surface area contributed by atoms with Crippen LogP contribution in [-0.4, -0.2) is 16.8 Å². The molecule has 2 aromatic heterocycles. The summed E-state index contributed by atoms with van der Waals surface area (Å²) in [5.41, 5.74) is 1.72. The van der Waals surface area contributed by atoms with E-state index in [4.69, 9.17) is 4.42 Å². The molecule has 2 heterocycles. The molecule has 0 aliphatic carbocycles. The molecule has 0 aliphatic heterocycles. The van der Waals surface area contributed by atoms with Crippen LogP contribution in [0.15, 0.2) is 46.2 Å². The van der Waals surface area contributed by atoms with Crippen molar-refractivity contribution in [3.8, 4) is 0 Å². The van der Waals surface area contributed by atoms with E-state index in [9.17, 15) is 9.59 Å². The predicted molar refractivity (Wildman–Crippen MR) is 95.9 cm³/mol. The molecule has 0 fully saturated rings. The molecule has 2 N–H and O–H groups in total. The first-order valence-electron chi connectivity index (χ1n) is 7.69. The minimum absolute atomic E-state index is 0.245. The molecular weight excluding hydrogens is 338 g/mol. The number of aromatic nitrogens is 1. The fraction of sp³-hybridized carbons (Fsp3) is 0.167. The Bertz CT molecular complexity index is 914. The van der Waals surface area contributed by atoms with Gasteiger partial charge in [0, 0.05) is 10.9 Å². The maximum atomic E-state index is 12.3. The number of rotatable bonds is 5. The third-order valence-corrected chi connectivity index (χ3v) is 4.32. The van der Waals surface area contributed by atoms with Gasteiger partial charge in [0.15, 0.2) is 5.13 Å². The van der Waals surface area contributed by atoms with E-state index < -0.39 is 0 Å². The Hall–Kier alpha value is -2.93. The minimum atomic E-state index is -0.318. The van der Waals surface area contributed by atoms with Crippen molar-refractivity contribution in [1.29, 1.82) is 0 Å². The van der Waals surface area contributed by atoms with Crippen molar-refractivity contribution in [1.82, 2.24) is 10.3 Å². The van der Waals surface area contributed by atoms with Crippen molar-refractivity contribution in [3.63, 3.8) is 0 Å². The van der Waals surface area contributed by atoms with Crippen LogP contribution in [0.1, 0.15) is 37.9 Å². The Kier molecular flexibility index (Phi) is 4.95. The number of amides is 2. The number of anilines is 1. The monoisotopic (exact) mass is 355 g/mol. The highest BCUT2D eigenvalue weighted by Crippen LogP contribution is 2.18. The van der Waals surface area contributed by atoms with Crippen molar-refractivity contribution in [2.75, 3.05) is 5.32 Å². The highest BCUT2D eigenvalue weighted by molar-refractivity contribution is 7.14. The van der Waals surface area contributed by atoms with E-state index in [0.29, 0.717) is 16.5 Å². The van der Waals surface area contributed by atoms with Gasteiger partial charge in [-0.1, -0.05) is 18.2 Å². The van der Waals surface area contributed by atoms with Crippen LogP contribution in [-0.2, 0) is 6.54 Å². The van der Waals surface area contributed by atoms with Crippen LogP contribution in [0.4, 0.5) is 5.13 Å². The first-order valence-corrected chi connectivity index (χ1v) is 8.57. The molecule has 6 nitrogen and oxygen atoms in total. The maximum absolute atomic E-state index is 12.3. The number of hydrogen-bond donors (Lipinski definition) is 2. The van der Waals surface area contributed by atoms with Gasteiger partial charge in [0.05, 0.1) is 6.54 Å². The summed E-state index contributed by atoms with van der Waals surface area (Å²) in [6, 6.07) is 10.9. The molecule has 25 heavy (non-hydrogen) atoms. The topological polar surface area (TPSA) is 84.2 Å². The Balaban J connectivity index is 1.61. The van der Waals surface area contributed by atoms with E-state index in [0.717, 1.165) is 11.3 Å². The lowest BCUT2D eigenvalue weighted by Gasteiger charge is -2.04. The van der Waals surface area contributed by atoms with Gasteiger partial charge in [0.1, 0.15) is 17.2 Å². The molecule has 0 saturated heterocycles. The van der Waals surface area contributed by atoms with Gasteiger partial charge < -0.3 is 9.73 Å². The van der Waals surface area contributed by atoms with Crippen LogP contribution < -0.4 is 10.6 Å². The van der Waals surface area contributed by atoms with Gasteiger partial charge in [-0.25, -0.2) is 4.98 Å². The van der Waals surface area contributed by atoms with Gasteiger partial charge in [-0.05, 0) is 37.6 Å². The van der Waals surface area contributed by atoms with Crippen LogP contribution in [0.25, 0.3) is 0 Å². The van der Waals surface area contributed by atoms with Crippen molar-refractivity contribution in [3.05, 3.63) is 70.1 Å². The van der Waals surface area contributed by atoms with E-state index in [1.807, 2.05) is 38.1 Å². The van der Waals surface area contributed by atoms with E-state index in [-0.39, 0.29) is 24.1 Å². The third-order valence-electron chi connectivity index (χ3n) is 3.57. The Morgan fingerprint density at radius 2 is 1.92 bits per heavy atom. The Morgan fingerprint density at radius 1 is 1.12 bits per heavy atom. The number of hydrogen-bond acceptors (Lipinski definition) is 5. The van der Waals surface area contributed by atoms with Gasteiger partial charge in [-0.15, -0.1) is 11.3 Å². The van der Waals surface area contributed by atoms with Crippen molar-refractivity contribution >= 4 is 28.3 Å². The lowest BCUT2D eigenvalue weighted by molar-refractivity contribution is 0.0942. The fourth-order valence-electron chi connectivity index (χ4n) is 2.27. The van der Waals surface area contributed by atoms with Gasteiger partial charge in [0.2, 0.25) is 0 Å². The average molecular weight is 355 g/mol. The van der Waals surface area contributed by atoms with Crippen LogP contribution in [0.2, 0.25) is 0 Å².